The normalized spacial score (nSPS) is 14.3. The van der Waals surface area contributed by atoms with E-state index in [2.05, 4.69) is 19.2 Å². The third kappa shape index (κ3) is 41.4. The zero-order chi connectivity index (χ0) is 41.4. The number of rotatable bonds is 44. The van der Waals surface area contributed by atoms with Gasteiger partial charge in [-0.15, -0.1) is 0 Å². The first-order valence-electron chi connectivity index (χ1n) is 24.1. The number of allylic oxidation sites excluding steroid dienone is 1. The summed E-state index contributed by atoms with van der Waals surface area (Å²) in [4.78, 5) is 23.1. The number of carbonyl (C=O) groups excluding carboxylic acids is 1. The number of carbonyl (C=O) groups is 1. The summed E-state index contributed by atoms with van der Waals surface area (Å²) in [7, 11) is 1.58. The topological polar surface area (TPSA) is 105 Å². The largest absolute Gasteiger partial charge is 0.472 e. The Hall–Kier alpha value is -0.760. The summed E-state index contributed by atoms with van der Waals surface area (Å²) < 4.78 is 23.5. The highest BCUT2D eigenvalue weighted by Crippen LogP contribution is 2.43. The van der Waals surface area contributed by atoms with Gasteiger partial charge in [0.25, 0.3) is 0 Å². The number of aliphatic hydroxyl groups excluding tert-OH is 1. The molecule has 8 nitrogen and oxygen atoms in total. The third-order valence-electron chi connectivity index (χ3n) is 11.0. The van der Waals surface area contributed by atoms with E-state index in [-0.39, 0.29) is 19.1 Å². The van der Waals surface area contributed by atoms with E-state index in [1.54, 1.807) is 6.08 Å². The Morgan fingerprint density at radius 3 is 1.32 bits per heavy atom. The number of phosphoric ester groups is 1. The van der Waals surface area contributed by atoms with Crippen molar-refractivity contribution in [3.05, 3.63) is 12.2 Å². The lowest BCUT2D eigenvalue weighted by molar-refractivity contribution is -0.870. The maximum absolute atomic E-state index is 12.9. The minimum atomic E-state index is -4.33. The number of hydrogen-bond acceptors (Lipinski definition) is 5. The summed E-state index contributed by atoms with van der Waals surface area (Å²) >= 11 is 0. The summed E-state index contributed by atoms with van der Waals surface area (Å²) in [6.07, 6.45) is 45.8. The van der Waals surface area contributed by atoms with Crippen molar-refractivity contribution < 1.29 is 32.9 Å². The Morgan fingerprint density at radius 2 is 0.946 bits per heavy atom. The summed E-state index contributed by atoms with van der Waals surface area (Å²) in [6.45, 7) is 4.81. The first-order chi connectivity index (χ1) is 27.0. The molecule has 3 atom stereocenters. The molecule has 0 aliphatic rings. The lowest BCUT2D eigenvalue weighted by atomic mass is 10.0. The summed E-state index contributed by atoms with van der Waals surface area (Å²) in [5.41, 5.74) is 0. The van der Waals surface area contributed by atoms with Crippen LogP contribution in [0.25, 0.3) is 0 Å². The first kappa shape index (κ1) is 55.2. The van der Waals surface area contributed by atoms with Crippen LogP contribution in [0.1, 0.15) is 232 Å². The van der Waals surface area contributed by atoms with Gasteiger partial charge in [-0.2, -0.15) is 0 Å². The Bertz CT molecular complexity index is 927. The molecule has 334 valence electrons. The second kappa shape index (κ2) is 39.7. The highest BCUT2D eigenvalue weighted by Gasteiger charge is 2.27. The van der Waals surface area contributed by atoms with E-state index in [1.807, 2.05) is 27.2 Å². The molecule has 0 bridgehead atoms. The SMILES string of the molecule is CCCCCCCCCC/C=C/[C@@H](O)[C@H](COP(=O)(O)OCC[N+](C)(C)C)NC(=O)CCCCCCCCCCCCCCCCCCCCCCCCCC. The average molecular weight is 816 g/mol. The van der Waals surface area contributed by atoms with E-state index in [4.69, 9.17) is 9.05 Å². The number of aliphatic hydroxyl groups is 1. The monoisotopic (exact) mass is 816 g/mol. The highest BCUT2D eigenvalue weighted by molar-refractivity contribution is 7.47. The molecule has 1 unspecified atom stereocenters. The van der Waals surface area contributed by atoms with Crippen LogP contribution in [-0.4, -0.2) is 73.4 Å². The Morgan fingerprint density at radius 1 is 0.589 bits per heavy atom. The number of nitrogens with one attached hydrogen (secondary N) is 1. The number of likely N-dealkylation sites (N-methyl/N-ethyl adjacent to an activating group) is 1. The maximum atomic E-state index is 12.9. The van der Waals surface area contributed by atoms with E-state index in [0.29, 0.717) is 17.4 Å². The van der Waals surface area contributed by atoms with Crippen molar-refractivity contribution >= 4 is 13.7 Å². The van der Waals surface area contributed by atoms with Crippen LogP contribution in [0.5, 0.6) is 0 Å². The molecule has 0 aliphatic carbocycles. The third-order valence-corrected chi connectivity index (χ3v) is 12.0. The number of hydrogen-bond donors (Lipinski definition) is 3. The molecule has 56 heavy (non-hydrogen) atoms. The molecule has 1 amide bonds. The van der Waals surface area contributed by atoms with Crippen LogP contribution in [0.2, 0.25) is 0 Å². The molecule has 0 saturated carbocycles. The van der Waals surface area contributed by atoms with Gasteiger partial charge in [0.2, 0.25) is 5.91 Å². The fourth-order valence-electron chi connectivity index (χ4n) is 7.16. The molecule has 0 fully saturated rings. The predicted octanol–water partition coefficient (Wildman–Crippen LogP) is 13.5. The van der Waals surface area contributed by atoms with Crippen LogP contribution in [0, 0.1) is 0 Å². The fourth-order valence-corrected chi connectivity index (χ4v) is 7.90. The van der Waals surface area contributed by atoms with Gasteiger partial charge in [-0.3, -0.25) is 13.8 Å². The smallest absolute Gasteiger partial charge is 0.387 e. The van der Waals surface area contributed by atoms with Gasteiger partial charge >= 0.3 is 7.82 Å². The Balaban J connectivity index is 4.13. The second-order valence-corrected chi connectivity index (χ2v) is 19.3. The van der Waals surface area contributed by atoms with Crippen molar-refractivity contribution in [2.45, 2.75) is 244 Å². The zero-order valence-electron chi connectivity index (χ0n) is 37.9. The average Bonchev–Trinajstić information content (AvgIpc) is 3.15. The number of nitrogens with zero attached hydrogens (tertiary/aromatic N) is 1. The summed E-state index contributed by atoms with van der Waals surface area (Å²) in [5.74, 6) is -0.174. The van der Waals surface area contributed by atoms with Crippen molar-refractivity contribution in [3.8, 4) is 0 Å². The highest BCUT2D eigenvalue weighted by atomic mass is 31.2. The van der Waals surface area contributed by atoms with E-state index in [1.165, 1.54) is 173 Å². The lowest BCUT2D eigenvalue weighted by Crippen LogP contribution is -2.45. The molecule has 3 N–H and O–H groups in total. The van der Waals surface area contributed by atoms with Crippen LogP contribution in [-0.2, 0) is 18.4 Å². The van der Waals surface area contributed by atoms with Crippen molar-refractivity contribution in [3.63, 3.8) is 0 Å². The number of quaternary nitrogens is 1. The Kier molecular flexibility index (Phi) is 39.1. The van der Waals surface area contributed by atoms with E-state index < -0.39 is 20.0 Å². The van der Waals surface area contributed by atoms with Crippen molar-refractivity contribution in [2.75, 3.05) is 40.9 Å². The van der Waals surface area contributed by atoms with E-state index in [0.717, 1.165) is 38.5 Å². The van der Waals surface area contributed by atoms with Gasteiger partial charge in [0.15, 0.2) is 0 Å². The van der Waals surface area contributed by atoms with E-state index >= 15 is 0 Å². The maximum Gasteiger partial charge on any atom is 0.472 e. The van der Waals surface area contributed by atoms with Gasteiger partial charge in [-0.25, -0.2) is 4.57 Å². The molecule has 0 heterocycles. The summed E-state index contributed by atoms with van der Waals surface area (Å²) in [6, 6.07) is -0.839. The molecule has 9 heteroatoms. The number of phosphoric acid groups is 1. The van der Waals surface area contributed by atoms with Crippen molar-refractivity contribution in [1.29, 1.82) is 0 Å². The molecule has 0 spiro atoms. The molecular weight excluding hydrogens is 719 g/mol. The zero-order valence-corrected chi connectivity index (χ0v) is 38.8. The molecule has 0 radical (unpaired) electrons. The van der Waals surface area contributed by atoms with Crippen molar-refractivity contribution in [1.82, 2.24) is 5.32 Å². The van der Waals surface area contributed by atoms with Crippen LogP contribution < -0.4 is 5.32 Å². The standard InChI is InChI=1S/C47H95N2O6P/c1-6-8-10-12-14-16-18-19-20-21-22-23-24-25-26-27-28-29-30-31-33-35-37-39-41-47(51)48-45(44-55-56(52,53)54-43-42-49(3,4)5)46(50)40-38-36-34-32-17-15-13-11-9-7-2/h38,40,45-46,50H,6-37,39,41-44H2,1-5H3,(H-,48,51,52,53)/p+1/b40-38+/t45-,46+/m0/s1. The molecule has 0 aromatic carbocycles. The quantitative estimate of drug-likeness (QED) is 0.0245. The molecule has 0 saturated heterocycles. The Labute approximate surface area is 348 Å². The minimum absolute atomic E-state index is 0.0644. The lowest BCUT2D eigenvalue weighted by Gasteiger charge is -2.25. The minimum Gasteiger partial charge on any atom is -0.387 e. The fraction of sp³-hybridized carbons (Fsp3) is 0.936. The second-order valence-electron chi connectivity index (χ2n) is 17.8. The number of unbranched alkanes of at least 4 members (excludes halogenated alkanes) is 31. The van der Waals surface area contributed by atoms with Crippen LogP contribution in [0.15, 0.2) is 12.2 Å². The van der Waals surface area contributed by atoms with Crippen LogP contribution in [0.4, 0.5) is 0 Å². The van der Waals surface area contributed by atoms with Gasteiger partial charge in [0.05, 0.1) is 39.9 Å². The number of amides is 1. The molecule has 0 aliphatic heterocycles. The summed E-state index contributed by atoms with van der Waals surface area (Å²) in [5, 5.41) is 13.8. The molecular formula is C47H96N2O6P+. The molecule has 0 aromatic rings. The first-order valence-corrected chi connectivity index (χ1v) is 25.6. The van der Waals surface area contributed by atoms with Gasteiger partial charge in [0, 0.05) is 6.42 Å². The van der Waals surface area contributed by atoms with Gasteiger partial charge in [0.1, 0.15) is 13.2 Å². The van der Waals surface area contributed by atoms with Gasteiger partial charge in [-0.05, 0) is 19.3 Å². The molecule has 0 aromatic heterocycles. The molecule has 0 rings (SSSR count). The van der Waals surface area contributed by atoms with Gasteiger partial charge < -0.3 is 19.8 Å². The van der Waals surface area contributed by atoms with Crippen molar-refractivity contribution in [2.24, 2.45) is 0 Å². The van der Waals surface area contributed by atoms with E-state index in [9.17, 15) is 19.4 Å². The van der Waals surface area contributed by atoms with Crippen LogP contribution in [0.3, 0.4) is 0 Å². The van der Waals surface area contributed by atoms with Crippen LogP contribution >= 0.6 is 7.82 Å². The predicted molar refractivity (Wildman–Crippen MR) is 240 cm³/mol. The van der Waals surface area contributed by atoms with Gasteiger partial charge in [-0.1, -0.05) is 219 Å².